The maximum absolute atomic E-state index is 5.10. The van der Waals surface area contributed by atoms with Gasteiger partial charge in [-0.05, 0) is 31.2 Å². The summed E-state index contributed by atoms with van der Waals surface area (Å²) in [7, 11) is 1.75. The molecule has 1 fully saturated rings. The van der Waals surface area contributed by atoms with Crippen molar-refractivity contribution in [1.29, 1.82) is 0 Å². The third-order valence-corrected chi connectivity index (χ3v) is 4.48. The van der Waals surface area contributed by atoms with Crippen LogP contribution in [-0.4, -0.2) is 26.8 Å². The molecular weight excluding hydrogens is 222 g/mol. The van der Waals surface area contributed by atoms with Crippen LogP contribution in [0.3, 0.4) is 0 Å². The van der Waals surface area contributed by atoms with Crippen molar-refractivity contribution >= 4 is 0 Å². The number of ether oxygens (including phenoxy) is 1. The van der Waals surface area contributed by atoms with Gasteiger partial charge in [0.25, 0.3) is 0 Å². The molecule has 0 aliphatic heterocycles. The molecule has 0 spiro atoms. The third-order valence-electron chi connectivity index (χ3n) is 4.48. The van der Waals surface area contributed by atoms with Crippen LogP contribution in [0.2, 0.25) is 0 Å². The third kappa shape index (κ3) is 2.60. The number of hydrogen-bond acceptors (Lipinski definition) is 2. The van der Waals surface area contributed by atoms with Gasteiger partial charge >= 0.3 is 0 Å². The van der Waals surface area contributed by atoms with Crippen LogP contribution in [0.5, 0.6) is 0 Å². The summed E-state index contributed by atoms with van der Waals surface area (Å²) in [5.41, 5.74) is 3.22. The van der Waals surface area contributed by atoms with Crippen molar-refractivity contribution in [2.24, 2.45) is 5.92 Å². The Kier molecular flexibility index (Phi) is 4.41. The first kappa shape index (κ1) is 13.6. The summed E-state index contributed by atoms with van der Waals surface area (Å²) >= 11 is 0. The van der Waals surface area contributed by atoms with Gasteiger partial charge in [-0.25, -0.2) is 0 Å². The minimum atomic E-state index is 0.347. The Morgan fingerprint density at radius 3 is 2.83 bits per heavy atom. The second-order valence-corrected chi connectivity index (χ2v) is 5.63. The van der Waals surface area contributed by atoms with Crippen molar-refractivity contribution in [3.05, 3.63) is 35.4 Å². The van der Waals surface area contributed by atoms with E-state index in [1.807, 2.05) is 0 Å². The molecule has 100 valence electrons. The second kappa shape index (κ2) is 5.85. The molecule has 2 unspecified atom stereocenters. The van der Waals surface area contributed by atoms with E-state index in [0.29, 0.717) is 5.41 Å². The van der Waals surface area contributed by atoms with Gasteiger partial charge in [0.2, 0.25) is 0 Å². The summed E-state index contributed by atoms with van der Waals surface area (Å²) in [4.78, 5) is 0. The standard InChI is InChI=1S/C16H25NO/c1-13-5-4-6-15(11-13)16(8-7-14(16)2)12-17-9-10-18-3/h4-6,11,14,17H,7-10,12H2,1-3H3. The van der Waals surface area contributed by atoms with E-state index >= 15 is 0 Å². The number of hydrogen-bond donors (Lipinski definition) is 1. The Bertz CT molecular complexity index is 390. The van der Waals surface area contributed by atoms with Gasteiger partial charge in [0.05, 0.1) is 6.61 Å². The zero-order valence-electron chi connectivity index (χ0n) is 11.8. The fraction of sp³-hybridized carbons (Fsp3) is 0.625. The van der Waals surface area contributed by atoms with E-state index < -0.39 is 0 Å². The lowest BCUT2D eigenvalue weighted by Gasteiger charge is -2.49. The van der Waals surface area contributed by atoms with Gasteiger partial charge in [-0.15, -0.1) is 0 Å². The summed E-state index contributed by atoms with van der Waals surface area (Å²) in [6.07, 6.45) is 2.65. The number of benzene rings is 1. The molecule has 0 radical (unpaired) electrons. The van der Waals surface area contributed by atoms with Crippen molar-refractivity contribution < 1.29 is 4.74 Å². The van der Waals surface area contributed by atoms with Gasteiger partial charge in [-0.2, -0.15) is 0 Å². The Balaban J connectivity index is 2.07. The minimum Gasteiger partial charge on any atom is -0.383 e. The lowest BCUT2D eigenvalue weighted by molar-refractivity contribution is 0.127. The summed E-state index contributed by atoms with van der Waals surface area (Å²) in [5.74, 6) is 0.773. The normalized spacial score (nSPS) is 26.9. The molecule has 1 aromatic rings. The Morgan fingerprint density at radius 1 is 1.44 bits per heavy atom. The molecule has 0 amide bonds. The lowest BCUT2D eigenvalue weighted by atomic mass is 9.57. The first-order chi connectivity index (χ1) is 8.69. The maximum atomic E-state index is 5.10. The monoisotopic (exact) mass is 247 g/mol. The molecule has 1 aliphatic carbocycles. The fourth-order valence-electron chi connectivity index (χ4n) is 3.02. The van der Waals surface area contributed by atoms with Gasteiger partial charge in [0, 0.05) is 25.6 Å². The van der Waals surface area contributed by atoms with Crippen molar-refractivity contribution in [1.82, 2.24) is 5.32 Å². The van der Waals surface area contributed by atoms with Gasteiger partial charge in [0.1, 0.15) is 0 Å². The predicted octanol–water partition coefficient (Wildman–Crippen LogP) is 2.90. The fourth-order valence-corrected chi connectivity index (χ4v) is 3.02. The van der Waals surface area contributed by atoms with E-state index in [4.69, 9.17) is 4.74 Å². The van der Waals surface area contributed by atoms with Crippen LogP contribution < -0.4 is 5.32 Å². The van der Waals surface area contributed by atoms with Gasteiger partial charge in [-0.1, -0.05) is 36.8 Å². The van der Waals surface area contributed by atoms with Gasteiger partial charge in [-0.3, -0.25) is 0 Å². The molecule has 1 saturated carbocycles. The molecule has 0 bridgehead atoms. The minimum absolute atomic E-state index is 0.347. The van der Waals surface area contributed by atoms with E-state index in [-0.39, 0.29) is 0 Å². The molecule has 1 aromatic carbocycles. The highest BCUT2D eigenvalue weighted by Gasteiger charge is 2.44. The molecule has 18 heavy (non-hydrogen) atoms. The molecule has 2 atom stereocenters. The van der Waals surface area contributed by atoms with Crippen LogP contribution in [0.1, 0.15) is 30.9 Å². The van der Waals surface area contributed by atoms with E-state index in [2.05, 4.69) is 43.4 Å². The van der Waals surface area contributed by atoms with E-state index in [1.165, 1.54) is 24.0 Å². The van der Waals surface area contributed by atoms with Crippen molar-refractivity contribution in [3.8, 4) is 0 Å². The summed E-state index contributed by atoms with van der Waals surface area (Å²) in [6, 6.07) is 9.01. The number of methoxy groups -OCH3 is 1. The first-order valence-corrected chi connectivity index (χ1v) is 6.96. The number of nitrogens with one attached hydrogen (secondary N) is 1. The van der Waals surface area contributed by atoms with Crippen LogP contribution in [0.15, 0.2) is 24.3 Å². The van der Waals surface area contributed by atoms with E-state index in [9.17, 15) is 0 Å². The predicted molar refractivity (Wildman–Crippen MR) is 76.0 cm³/mol. The molecule has 1 N–H and O–H groups in total. The Hall–Kier alpha value is -0.860. The van der Waals surface area contributed by atoms with Crippen LogP contribution in [-0.2, 0) is 10.2 Å². The first-order valence-electron chi connectivity index (χ1n) is 6.96. The highest BCUT2D eigenvalue weighted by molar-refractivity contribution is 5.33. The molecular formula is C16H25NO. The van der Waals surface area contributed by atoms with Crippen molar-refractivity contribution in [2.75, 3.05) is 26.8 Å². The van der Waals surface area contributed by atoms with Gasteiger partial charge in [0.15, 0.2) is 0 Å². The highest BCUT2D eigenvalue weighted by atomic mass is 16.5. The van der Waals surface area contributed by atoms with E-state index in [0.717, 1.165) is 25.6 Å². The van der Waals surface area contributed by atoms with Crippen LogP contribution in [0.4, 0.5) is 0 Å². The SMILES string of the molecule is COCCNCC1(c2cccc(C)c2)CCC1C. The number of rotatable bonds is 6. The Morgan fingerprint density at radius 2 is 2.28 bits per heavy atom. The van der Waals surface area contributed by atoms with Gasteiger partial charge < -0.3 is 10.1 Å². The Labute approximate surface area is 111 Å². The molecule has 0 aromatic heterocycles. The van der Waals surface area contributed by atoms with Crippen LogP contribution in [0, 0.1) is 12.8 Å². The molecule has 0 saturated heterocycles. The summed E-state index contributed by atoms with van der Waals surface area (Å²) in [5, 5.41) is 3.55. The quantitative estimate of drug-likeness (QED) is 0.780. The second-order valence-electron chi connectivity index (χ2n) is 5.63. The van der Waals surface area contributed by atoms with Crippen LogP contribution in [0.25, 0.3) is 0 Å². The summed E-state index contributed by atoms with van der Waals surface area (Å²) < 4.78 is 5.10. The summed E-state index contributed by atoms with van der Waals surface area (Å²) in [6.45, 7) is 7.36. The van der Waals surface area contributed by atoms with Crippen molar-refractivity contribution in [2.45, 2.75) is 32.1 Å². The van der Waals surface area contributed by atoms with Crippen LogP contribution >= 0.6 is 0 Å². The topological polar surface area (TPSA) is 21.3 Å². The zero-order chi connectivity index (χ0) is 13.0. The maximum Gasteiger partial charge on any atom is 0.0587 e. The van der Waals surface area contributed by atoms with E-state index in [1.54, 1.807) is 7.11 Å². The zero-order valence-corrected chi connectivity index (χ0v) is 11.8. The molecule has 0 heterocycles. The average Bonchev–Trinajstić information content (AvgIpc) is 2.37. The smallest absolute Gasteiger partial charge is 0.0587 e. The molecule has 2 nitrogen and oxygen atoms in total. The van der Waals surface area contributed by atoms with Crippen molar-refractivity contribution in [3.63, 3.8) is 0 Å². The molecule has 2 heteroatoms. The molecule has 2 rings (SSSR count). The highest BCUT2D eigenvalue weighted by Crippen LogP contribution is 2.48. The lowest BCUT2D eigenvalue weighted by Crippen LogP contribution is -2.50. The number of aryl methyl sites for hydroxylation is 1. The largest absolute Gasteiger partial charge is 0.383 e. The molecule has 1 aliphatic rings. The average molecular weight is 247 g/mol.